The molecular formula is C22H22BrClO4. The van der Waals surface area contributed by atoms with Crippen molar-refractivity contribution in [1.82, 2.24) is 0 Å². The number of carboxylic acids is 1. The van der Waals surface area contributed by atoms with Crippen LogP contribution in [0, 0.1) is 17.8 Å². The number of halogens is 2. The molecule has 2 aromatic carbocycles. The van der Waals surface area contributed by atoms with Gasteiger partial charge < -0.3 is 14.6 Å². The van der Waals surface area contributed by atoms with Gasteiger partial charge in [-0.15, -0.1) is 5.92 Å². The summed E-state index contributed by atoms with van der Waals surface area (Å²) in [5.41, 5.74) is 0.868. The van der Waals surface area contributed by atoms with Gasteiger partial charge in [0, 0.05) is 10.4 Å². The lowest BCUT2D eigenvalue weighted by Gasteiger charge is -2.15. The second-order valence-electron chi connectivity index (χ2n) is 6.42. The lowest BCUT2D eigenvalue weighted by molar-refractivity contribution is -0.137. The van der Waals surface area contributed by atoms with E-state index in [4.69, 9.17) is 26.2 Å². The standard InChI is InChI=1S/C22H22BrClO4/c1-3-4-17(11-22(25)26)16-5-7-18(8-6-16)27-13-15(2)14-28-19-9-10-20(23)21(24)12-19/h5-10,12,15,17H,11,13-14H2,1-2H3,(H,25,26). The fourth-order valence-electron chi connectivity index (χ4n) is 2.49. The van der Waals surface area contributed by atoms with Crippen molar-refractivity contribution in [2.45, 2.75) is 26.2 Å². The molecule has 6 heteroatoms. The van der Waals surface area contributed by atoms with Crippen LogP contribution in [0.4, 0.5) is 0 Å². The summed E-state index contributed by atoms with van der Waals surface area (Å²) in [5, 5.41) is 9.63. The number of aliphatic carboxylic acids is 1. The predicted octanol–water partition coefficient (Wildman–Crippen LogP) is 5.78. The first kappa shape index (κ1) is 22.1. The molecule has 2 aromatic rings. The van der Waals surface area contributed by atoms with E-state index < -0.39 is 5.97 Å². The molecule has 0 radical (unpaired) electrons. The van der Waals surface area contributed by atoms with Crippen molar-refractivity contribution < 1.29 is 19.4 Å². The van der Waals surface area contributed by atoms with E-state index in [0.29, 0.717) is 24.0 Å². The van der Waals surface area contributed by atoms with Gasteiger partial charge in [0.15, 0.2) is 0 Å². The Balaban J connectivity index is 1.85. The molecule has 28 heavy (non-hydrogen) atoms. The highest BCUT2D eigenvalue weighted by Crippen LogP contribution is 2.27. The molecule has 2 unspecified atom stereocenters. The van der Waals surface area contributed by atoms with E-state index in [2.05, 4.69) is 27.8 Å². The number of benzene rings is 2. The summed E-state index contributed by atoms with van der Waals surface area (Å²) in [6.45, 7) is 4.74. The van der Waals surface area contributed by atoms with Crippen molar-refractivity contribution in [3.05, 3.63) is 57.5 Å². The Morgan fingerprint density at radius 2 is 1.75 bits per heavy atom. The van der Waals surface area contributed by atoms with Gasteiger partial charge in [-0.1, -0.05) is 36.6 Å². The quantitative estimate of drug-likeness (QED) is 0.477. The van der Waals surface area contributed by atoms with Crippen molar-refractivity contribution in [2.24, 2.45) is 5.92 Å². The first-order valence-corrected chi connectivity index (χ1v) is 10.0. The first-order chi connectivity index (χ1) is 13.4. The molecule has 148 valence electrons. The molecule has 0 aliphatic rings. The summed E-state index contributed by atoms with van der Waals surface area (Å²) in [6, 6.07) is 12.9. The minimum atomic E-state index is -0.867. The smallest absolute Gasteiger partial charge is 0.304 e. The van der Waals surface area contributed by atoms with Gasteiger partial charge in [0.25, 0.3) is 0 Å². The van der Waals surface area contributed by atoms with E-state index in [1.165, 1.54) is 0 Å². The van der Waals surface area contributed by atoms with E-state index >= 15 is 0 Å². The second kappa shape index (κ2) is 11.0. The molecule has 2 atom stereocenters. The van der Waals surface area contributed by atoms with E-state index in [1.54, 1.807) is 13.0 Å². The van der Waals surface area contributed by atoms with Gasteiger partial charge in [-0.25, -0.2) is 0 Å². The van der Waals surface area contributed by atoms with Crippen LogP contribution in [0.2, 0.25) is 5.02 Å². The molecule has 0 saturated carbocycles. The number of carboxylic acid groups (broad SMARTS) is 1. The summed E-state index contributed by atoms with van der Waals surface area (Å²) in [5.74, 6) is 6.16. The molecule has 4 nitrogen and oxygen atoms in total. The summed E-state index contributed by atoms with van der Waals surface area (Å²) >= 11 is 9.41. The highest BCUT2D eigenvalue weighted by molar-refractivity contribution is 9.10. The van der Waals surface area contributed by atoms with Crippen molar-refractivity contribution in [3.8, 4) is 23.3 Å². The Hall–Kier alpha value is -2.16. The molecule has 0 heterocycles. The minimum Gasteiger partial charge on any atom is -0.493 e. The monoisotopic (exact) mass is 464 g/mol. The third-order valence-corrected chi connectivity index (χ3v) is 5.17. The zero-order chi connectivity index (χ0) is 20.5. The molecule has 0 bridgehead atoms. The maximum atomic E-state index is 11.0. The van der Waals surface area contributed by atoms with Crippen LogP contribution >= 0.6 is 27.5 Å². The largest absolute Gasteiger partial charge is 0.493 e. The van der Waals surface area contributed by atoms with E-state index in [9.17, 15) is 4.79 Å². The number of hydrogen-bond acceptors (Lipinski definition) is 3. The van der Waals surface area contributed by atoms with Crippen LogP contribution < -0.4 is 9.47 Å². The van der Waals surface area contributed by atoms with Gasteiger partial charge in [0.05, 0.1) is 30.6 Å². The van der Waals surface area contributed by atoms with E-state index in [1.807, 2.05) is 43.3 Å². The fraction of sp³-hybridized carbons (Fsp3) is 0.318. The predicted molar refractivity (Wildman–Crippen MR) is 114 cm³/mol. The van der Waals surface area contributed by atoms with Crippen molar-refractivity contribution >= 4 is 33.5 Å². The van der Waals surface area contributed by atoms with Crippen molar-refractivity contribution in [2.75, 3.05) is 13.2 Å². The number of hydrogen-bond donors (Lipinski definition) is 1. The van der Waals surface area contributed by atoms with E-state index in [-0.39, 0.29) is 18.3 Å². The van der Waals surface area contributed by atoms with Gasteiger partial charge in [-0.3, -0.25) is 4.79 Å². The minimum absolute atomic E-state index is 0.0184. The van der Waals surface area contributed by atoms with Gasteiger partial charge in [0.1, 0.15) is 11.5 Å². The Kier molecular flexibility index (Phi) is 8.69. The van der Waals surface area contributed by atoms with Gasteiger partial charge in [-0.05, 0) is 58.7 Å². The number of carbonyl (C=O) groups is 1. The van der Waals surface area contributed by atoms with Crippen molar-refractivity contribution in [3.63, 3.8) is 0 Å². The zero-order valence-corrected chi connectivity index (χ0v) is 18.1. The third kappa shape index (κ3) is 7.10. The summed E-state index contributed by atoms with van der Waals surface area (Å²) < 4.78 is 12.4. The summed E-state index contributed by atoms with van der Waals surface area (Å²) in [7, 11) is 0. The van der Waals surface area contributed by atoms with Gasteiger partial charge in [0.2, 0.25) is 0 Å². The topological polar surface area (TPSA) is 55.8 Å². The molecule has 0 fully saturated rings. The maximum absolute atomic E-state index is 11.0. The Bertz CT molecular complexity index is 855. The molecule has 0 spiro atoms. The maximum Gasteiger partial charge on any atom is 0.304 e. The average molecular weight is 466 g/mol. The Labute approximate surface area is 178 Å². The average Bonchev–Trinajstić information content (AvgIpc) is 2.67. The molecule has 1 N–H and O–H groups in total. The number of rotatable bonds is 9. The molecule has 0 saturated heterocycles. The molecule has 0 aliphatic carbocycles. The Morgan fingerprint density at radius 3 is 2.32 bits per heavy atom. The Morgan fingerprint density at radius 1 is 1.14 bits per heavy atom. The molecule has 0 aliphatic heterocycles. The summed E-state index contributed by atoms with van der Waals surface area (Å²) in [6.07, 6.45) is -0.0184. The SMILES string of the molecule is CC#CC(CC(=O)O)c1ccc(OCC(C)COc2ccc(Br)c(Cl)c2)cc1. The zero-order valence-electron chi connectivity index (χ0n) is 15.7. The van der Waals surface area contributed by atoms with Crippen LogP contribution in [0.1, 0.15) is 31.7 Å². The lowest BCUT2D eigenvalue weighted by Crippen LogP contribution is -2.16. The first-order valence-electron chi connectivity index (χ1n) is 8.83. The van der Waals surface area contributed by atoms with Crippen LogP contribution in [-0.2, 0) is 4.79 Å². The van der Waals surface area contributed by atoms with Crippen LogP contribution in [0.3, 0.4) is 0 Å². The highest BCUT2D eigenvalue weighted by Gasteiger charge is 2.13. The van der Waals surface area contributed by atoms with Crippen LogP contribution in [0.5, 0.6) is 11.5 Å². The molecule has 0 aromatic heterocycles. The molecular weight excluding hydrogens is 444 g/mol. The lowest BCUT2D eigenvalue weighted by atomic mass is 9.96. The van der Waals surface area contributed by atoms with Crippen LogP contribution in [0.25, 0.3) is 0 Å². The fourth-order valence-corrected chi connectivity index (χ4v) is 2.91. The normalized spacial score (nSPS) is 12.4. The van der Waals surface area contributed by atoms with E-state index in [0.717, 1.165) is 15.8 Å². The summed E-state index contributed by atoms with van der Waals surface area (Å²) in [4.78, 5) is 11.0. The van der Waals surface area contributed by atoms with Gasteiger partial charge in [-0.2, -0.15) is 0 Å². The number of ether oxygens (including phenoxy) is 2. The van der Waals surface area contributed by atoms with Crippen LogP contribution in [0.15, 0.2) is 46.9 Å². The second-order valence-corrected chi connectivity index (χ2v) is 7.68. The highest BCUT2D eigenvalue weighted by atomic mass is 79.9. The van der Waals surface area contributed by atoms with Crippen LogP contribution in [-0.4, -0.2) is 24.3 Å². The molecule has 2 rings (SSSR count). The van der Waals surface area contributed by atoms with Crippen molar-refractivity contribution in [1.29, 1.82) is 0 Å². The van der Waals surface area contributed by atoms with Gasteiger partial charge >= 0.3 is 5.97 Å². The third-order valence-electron chi connectivity index (χ3n) is 3.94. The molecule has 0 amide bonds.